The van der Waals surface area contributed by atoms with Crippen LogP contribution < -0.4 is 0 Å². The van der Waals surface area contributed by atoms with Gasteiger partial charge in [0.15, 0.2) is 0 Å². The molecule has 27 heavy (non-hydrogen) atoms. The summed E-state index contributed by atoms with van der Waals surface area (Å²) in [4.78, 5) is 16.5. The third-order valence-electron chi connectivity index (χ3n) is 5.21. The number of sulfonamides is 1. The van der Waals surface area contributed by atoms with Crippen molar-refractivity contribution in [1.29, 1.82) is 0 Å². The van der Waals surface area contributed by atoms with Gasteiger partial charge in [-0.25, -0.2) is 8.42 Å². The van der Waals surface area contributed by atoms with Crippen molar-refractivity contribution in [2.24, 2.45) is 5.92 Å². The maximum atomic E-state index is 12.9. The number of rotatable bonds is 4. The molecule has 150 valence electrons. The van der Waals surface area contributed by atoms with Gasteiger partial charge in [0.25, 0.3) is 0 Å². The molecule has 1 atom stereocenters. The van der Waals surface area contributed by atoms with E-state index in [-0.39, 0.29) is 15.8 Å². The summed E-state index contributed by atoms with van der Waals surface area (Å²) in [6.45, 7) is 5.86. The van der Waals surface area contributed by atoms with Gasteiger partial charge in [-0.05, 0) is 37.0 Å². The average molecular weight is 434 g/mol. The lowest BCUT2D eigenvalue weighted by Gasteiger charge is -2.36. The lowest BCUT2D eigenvalue weighted by atomic mass is 10.0. The number of nitrogens with zero attached hydrogens (tertiary/aromatic N) is 3. The van der Waals surface area contributed by atoms with E-state index in [2.05, 4.69) is 6.92 Å². The second-order valence-corrected chi connectivity index (χ2v) is 10.1. The Balaban J connectivity index is 1.58. The molecule has 1 aromatic rings. The lowest BCUT2D eigenvalue weighted by Crippen LogP contribution is -2.52. The Bertz CT molecular complexity index is 795. The van der Waals surface area contributed by atoms with Crippen LogP contribution in [0.4, 0.5) is 0 Å². The van der Waals surface area contributed by atoms with Gasteiger partial charge in [-0.2, -0.15) is 4.31 Å². The Morgan fingerprint density at radius 2 is 1.85 bits per heavy atom. The molecule has 0 aromatic heterocycles. The van der Waals surface area contributed by atoms with Crippen LogP contribution in [-0.4, -0.2) is 74.2 Å². The fraction of sp³-hybridized carbons (Fsp3) is 0.611. The van der Waals surface area contributed by atoms with Gasteiger partial charge in [0.2, 0.25) is 15.9 Å². The summed E-state index contributed by atoms with van der Waals surface area (Å²) in [5.41, 5.74) is 0. The molecule has 2 fully saturated rings. The standard InChI is InChI=1S/C18H25Cl2N3O3S/c1-14-3-2-6-22(12-14)18(24)13-21-7-9-23(10-8-21)27(25,26)17-11-15(19)4-5-16(17)20/h4-5,11,14H,2-3,6-10,12-13H2,1H3. The van der Waals surface area contributed by atoms with E-state index in [9.17, 15) is 13.2 Å². The normalized spacial score (nSPS) is 22.8. The number of carbonyl (C=O) groups excluding carboxylic acids is 1. The molecule has 0 aliphatic carbocycles. The van der Waals surface area contributed by atoms with Crippen LogP contribution in [0.25, 0.3) is 0 Å². The summed E-state index contributed by atoms with van der Waals surface area (Å²) >= 11 is 12.0. The first-order valence-electron chi connectivity index (χ1n) is 9.22. The van der Waals surface area contributed by atoms with Crippen molar-refractivity contribution in [2.75, 3.05) is 45.8 Å². The first-order valence-corrected chi connectivity index (χ1v) is 11.4. The van der Waals surface area contributed by atoms with E-state index < -0.39 is 10.0 Å². The van der Waals surface area contributed by atoms with Crippen molar-refractivity contribution in [3.8, 4) is 0 Å². The molecular weight excluding hydrogens is 409 g/mol. The summed E-state index contributed by atoms with van der Waals surface area (Å²) in [6, 6.07) is 4.44. The molecule has 2 aliphatic rings. The van der Waals surface area contributed by atoms with Crippen LogP contribution in [0.1, 0.15) is 19.8 Å². The molecule has 2 aliphatic heterocycles. The molecule has 0 N–H and O–H groups in total. The van der Waals surface area contributed by atoms with Crippen LogP contribution >= 0.6 is 23.2 Å². The van der Waals surface area contributed by atoms with E-state index in [1.165, 1.54) is 22.9 Å². The smallest absolute Gasteiger partial charge is 0.244 e. The van der Waals surface area contributed by atoms with Gasteiger partial charge in [-0.15, -0.1) is 0 Å². The van der Waals surface area contributed by atoms with Crippen LogP contribution in [0.2, 0.25) is 10.0 Å². The van der Waals surface area contributed by atoms with Gasteiger partial charge in [-0.1, -0.05) is 30.1 Å². The number of amides is 1. The van der Waals surface area contributed by atoms with Crippen LogP contribution in [0, 0.1) is 5.92 Å². The lowest BCUT2D eigenvalue weighted by molar-refractivity contribution is -0.134. The summed E-state index contributed by atoms with van der Waals surface area (Å²) in [6.07, 6.45) is 2.23. The molecule has 0 radical (unpaired) electrons. The fourth-order valence-corrected chi connectivity index (χ4v) is 5.81. The minimum Gasteiger partial charge on any atom is -0.341 e. The van der Waals surface area contributed by atoms with Crippen molar-refractivity contribution >= 4 is 39.1 Å². The average Bonchev–Trinajstić information content (AvgIpc) is 2.64. The number of hydrogen-bond donors (Lipinski definition) is 0. The number of likely N-dealkylation sites (tertiary alicyclic amines) is 1. The Morgan fingerprint density at radius 1 is 1.15 bits per heavy atom. The Labute approximate surface area is 171 Å². The number of carbonyl (C=O) groups is 1. The summed E-state index contributed by atoms with van der Waals surface area (Å²) in [5, 5.41) is 0.495. The SMILES string of the molecule is CC1CCCN(C(=O)CN2CCN(S(=O)(=O)c3cc(Cl)ccc3Cl)CC2)C1. The van der Waals surface area contributed by atoms with Crippen molar-refractivity contribution < 1.29 is 13.2 Å². The molecule has 0 saturated carbocycles. The highest BCUT2D eigenvalue weighted by Crippen LogP contribution is 2.28. The van der Waals surface area contributed by atoms with E-state index in [0.29, 0.717) is 43.7 Å². The van der Waals surface area contributed by atoms with Crippen molar-refractivity contribution in [1.82, 2.24) is 14.1 Å². The molecule has 1 unspecified atom stereocenters. The largest absolute Gasteiger partial charge is 0.341 e. The Morgan fingerprint density at radius 3 is 2.52 bits per heavy atom. The predicted molar refractivity (Wildman–Crippen MR) is 107 cm³/mol. The van der Waals surface area contributed by atoms with Gasteiger partial charge in [0.05, 0.1) is 11.6 Å². The minimum atomic E-state index is -3.70. The van der Waals surface area contributed by atoms with Crippen LogP contribution in [0.15, 0.2) is 23.1 Å². The minimum absolute atomic E-state index is 0.0310. The number of halogens is 2. The summed E-state index contributed by atoms with van der Waals surface area (Å²) in [7, 11) is -3.70. The number of benzene rings is 1. The van der Waals surface area contributed by atoms with Gasteiger partial charge in [0.1, 0.15) is 4.90 Å². The van der Waals surface area contributed by atoms with E-state index in [1.807, 2.05) is 9.80 Å². The summed E-state index contributed by atoms with van der Waals surface area (Å²) in [5.74, 6) is 0.683. The first-order chi connectivity index (χ1) is 12.8. The van der Waals surface area contributed by atoms with Crippen LogP contribution in [0.3, 0.4) is 0 Å². The van der Waals surface area contributed by atoms with Crippen molar-refractivity contribution in [3.63, 3.8) is 0 Å². The van der Waals surface area contributed by atoms with Gasteiger partial charge in [-0.3, -0.25) is 9.69 Å². The molecule has 6 nitrogen and oxygen atoms in total. The third kappa shape index (κ3) is 4.95. The van der Waals surface area contributed by atoms with Crippen LogP contribution in [-0.2, 0) is 14.8 Å². The Kier molecular flexibility index (Phi) is 6.69. The number of hydrogen-bond acceptors (Lipinski definition) is 4. The third-order valence-corrected chi connectivity index (χ3v) is 7.83. The highest BCUT2D eigenvalue weighted by atomic mass is 35.5. The second kappa shape index (κ2) is 8.66. The van der Waals surface area contributed by atoms with Crippen molar-refractivity contribution in [2.45, 2.75) is 24.7 Å². The topological polar surface area (TPSA) is 60.9 Å². The maximum Gasteiger partial charge on any atom is 0.244 e. The number of piperazine rings is 1. The molecule has 3 rings (SSSR count). The monoisotopic (exact) mass is 433 g/mol. The van der Waals surface area contributed by atoms with Gasteiger partial charge in [0, 0.05) is 44.3 Å². The van der Waals surface area contributed by atoms with Gasteiger partial charge >= 0.3 is 0 Å². The first kappa shape index (κ1) is 20.9. The zero-order chi connectivity index (χ0) is 19.6. The van der Waals surface area contributed by atoms with Gasteiger partial charge < -0.3 is 4.90 Å². The van der Waals surface area contributed by atoms with E-state index in [4.69, 9.17) is 23.2 Å². The molecule has 1 aromatic carbocycles. The summed E-state index contributed by atoms with van der Waals surface area (Å²) < 4.78 is 27.1. The zero-order valence-electron chi connectivity index (χ0n) is 15.4. The van der Waals surface area contributed by atoms with E-state index in [1.54, 1.807) is 6.07 Å². The second-order valence-electron chi connectivity index (χ2n) is 7.34. The fourth-order valence-electron chi connectivity index (χ4n) is 3.65. The zero-order valence-corrected chi connectivity index (χ0v) is 17.7. The molecule has 0 bridgehead atoms. The molecule has 1 amide bonds. The van der Waals surface area contributed by atoms with Crippen LogP contribution in [0.5, 0.6) is 0 Å². The molecule has 2 heterocycles. The van der Waals surface area contributed by atoms with E-state index >= 15 is 0 Å². The van der Waals surface area contributed by atoms with E-state index in [0.717, 1.165) is 19.5 Å². The highest BCUT2D eigenvalue weighted by Gasteiger charge is 2.31. The predicted octanol–water partition coefficient (Wildman–Crippen LogP) is 2.56. The molecule has 9 heteroatoms. The van der Waals surface area contributed by atoms with Crippen molar-refractivity contribution in [3.05, 3.63) is 28.2 Å². The molecule has 2 saturated heterocycles. The molecule has 0 spiro atoms. The highest BCUT2D eigenvalue weighted by molar-refractivity contribution is 7.89. The number of piperidine rings is 1. The molecular formula is C18H25Cl2N3O3S. The quantitative estimate of drug-likeness (QED) is 0.731. The maximum absolute atomic E-state index is 12.9. The Hall–Kier alpha value is -0.860.